The summed E-state index contributed by atoms with van der Waals surface area (Å²) in [5.41, 5.74) is 7.47. The first kappa shape index (κ1) is 17.3. The Kier molecular flexibility index (Phi) is 6.19. The van der Waals surface area contributed by atoms with Crippen molar-refractivity contribution in [1.29, 1.82) is 0 Å². The van der Waals surface area contributed by atoms with Gasteiger partial charge in [0, 0.05) is 11.3 Å². The molecule has 0 aliphatic carbocycles. The van der Waals surface area contributed by atoms with Crippen molar-refractivity contribution in [3.63, 3.8) is 0 Å². The van der Waals surface area contributed by atoms with Crippen LogP contribution in [-0.2, 0) is 4.79 Å². The number of hydrogen-bond acceptors (Lipinski definition) is 4. The van der Waals surface area contributed by atoms with Gasteiger partial charge in [-0.2, -0.15) is 0 Å². The predicted octanol–water partition coefficient (Wildman–Crippen LogP) is 1.70. The van der Waals surface area contributed by atoms with Gasteiger partial charge in [-0.1, -0.05) is 12.1 Å². The molecule has 24 heavy (non-hydrogen) atoms. The second-order valence-electron chi connectivity index (χ2n) is 5.31. The lowest BCUT2D eigenvalue weighted by Crippen LogP contribution is -2.33. The molecule has 0 radical (unpaired) electrons. The van der Waals surface area contributed by atoms with Crippen LogP contribution in [0.5, 0.6) is 5.75 Å². The number of amides is 2. The maximum absolute atomic E-state index is 11.8. The fourth-order valence-corrected chi connectivity index (χ4v) is 2.06. The van der Waals surface area contributed by atoms with Gasteiger partial charge in [0.2, 0.25) is 11.8 Å². The van der Waals surface area contributed by atoms with Crippen LogP contribution in [0.2, 0.25) is 0 Å². The summed E-state index contributed by atoms with van der Waals surface area (Å²) in [6.07, 6.45) is 0. The molecule has 126 valence electrons. The zero-order chi connectivity index (χ0) is 17.4. The molecule has 0 aromatic heterocycles. The van der Waals surface area contributed by atoms with Crippen LogP contribution in [-0.4, -0.2) is 31.5 Å². The number of rotatable bonds is 8. The standard InChI is InChI=1S/C18H21N3O3/c1-13-3-2-4-16(11-13)24-10-9-20-17(22)12-21-15-7-5-14(6-8-15)18(19)23/h2-8,11,21H,9-10,12H2,1H3,(H2,19,23)(H,20,22). The Morgan fingerprint density at radius 1 is 1.12 bits per heavy atom. The molecule has 0 spiro atoms. The fraction of sp³-hybridized carbons (Fsp3) is 0.222. The molecule has 4 N–H and O–H groups in total. The molecule has 6 heteroatoms. The first-order valence-electron chi connectivity index (χ1n) is 7.64. The molecule has 2 aromatic carbocycles. The van der Waals surface area contributed by atoms with Gasteiger partial charge in [0.05, 0.1) is 13.1 Å². The minimum atomic E-state index is -0.479. The number of hydrogen-bond donors (Lipinski definition) is 3. The Bertz CT molecular complexity index is 699. The molecule has 0 bridgehead atoms. The van der Waals surface area contributed by atoms with E-state index in [9.17, 15) is 9.59 Å². The average molecular weight is 327 g/mol. The molecule has 0 unspecified atom stereocenters. The zero-order valence-corrected chi connectivity index (χ0v) is 13.5. The quantitative estimate of drug-likeness (QED) is 0.643. The molecule has 2 aromatic rings. The molecule has 2 rings (SSSR count). The summed E-state index contributed by atoms with van der Waals surface area (Å²) in [5, 5.41) is 5.74. The van der Waals surface area contributed by atoms with Crippen LogP contribution in [0, 0.1) is 6.92 Å². The Hall–Kier alpha value is -3.02. The first-order valence-corrected chi connectivity index (χ1v) is 7.64. The smallest absolute Gasteiger partial charge is 0.248 e. The molecular formula is C18H21N3O3. The third-order valence-electron chi connectivity index (χ3n) is 3.30. The third kappa shape index (κ3) is 5.64. The predicted molar refractivity (Wildman–Crippen MR) is 93.1 cm³/mol. The maximum atomic E-state index is 11.8. The van der Waals surface area contributed by atoms with Gasteiger partial charge in [0.25, 0.3) is 0 Å². The molecular weight excluding hydrogens is 306 g/mol. The van der Waals surface area contributed by atoms with Crippen molar-refractivity contribution in [3.05, 3.63) is 59.7 Å². The number of nitrogens with two attached hydrogens (primary N) is 1. The normalized spacial score (nSPS) is 10.0. The van der Waals surface area contributed by atoms with Gasteiger partial charge in [-0.05, 0) is 48.9 Å². The SMILES string of the molecule is Cc1cccc(OCCNC(=O)CNc2ccc(C(N)=O)cc2)c1. The van der Waals surface area contributed by atoms with Gasteiger partial charge in [0.1, 0.15) is 12.4 Å². The largest absolute Gasteiger partial charge is 0.492 e. The van der Waals surface area contributed by atoms with Crippen molar-refractivity contribution in [3.8, 4) is 5.75 Å². The van der Waals surface area contributed by atoms with E-state index in [0.29, 0.717) is 18.7 Å². The number of carbonyl (C=O) groups excluding carboxylic acids is 2. The van der Waals surface area contributed by atoms with E-state index in [1.54, 1.807) is 24.3 Å². The van der Waals surface area contributed by atoms with Gasteiger partial charge in [-0.25, -0.2) is 0 Å². The van der Waals surface area contributed by atoms with Crippen LogP contribution in [0.25, 0.3) is 0 Å². The van der Waals surface area contributed by atoms with E-state index in [0.717, 1.165) is 17.0 Å². The van der Waals surface area contributed by atoms with Crippen LogP contribution >= 0.6 is 0 Å². The highest BCUT2D eigenvalue weighted by Gasteiger charge is 2.03. The summed E-state index contributed by atoms with van der Waals surface area (Å²) >= 11 is 0. The maximum Gasteiger partial charge on any atom is 0.248 e. The van der Waals surface area contributed by atoms with E-state index in [1.165, 1.54) is 0 Å². The van der Waals surface area contributed by atoms with Gasteiger partial charge in [-0.15, -0.1) is 0 Å². The van der Waals surface area contributed by atoms with Gasteiger partial charge < -0.3 is 21.1 Å². The van der Waals surface area contributed by atoms with E-state index >= 15 is 0 Å². The minimum absolute atomic E-state index is 0.137. The van der Waals surface area contributed by atoms with Gasteiger partial charge in [0.15, 0.2) is 0 Å². The summed E-state index contributed by atoms with van der Waals surface area (Å²) in [4.78, 5) is 22.7. The number of benzene rings is 2. The van der Waals surface area contributed by atoms with Crippen LogP contribution in [0.4, 0.5) is 5.69 Å². The average Bonchev–Trinajstić information content (AvgIpc) is 2.57. The Balaban J connectivity index is 1.65. The summed E-state index contributed by atoms with van der Waals surface area (Å²) in [6.45, 7) is 2.97. The molecule has 0 saturated carbocycles. The lowest BCUT2D eigenvalue weighted by Gasteiger charge is -2.09. The highest BCUT2D eigenvalue weighted by atomic mass is 16.5. The number of ether oxygens (including phenoxy) is 1. The van der Waals surface area contributed by atoms with E-state index < -0.39 is 5.91 Å². The summed E-state index contributed by atoms with van der Waals surface area (Å²) < 4.78 is 5.56. The minimum Gasteiger partial charge on any atom is -0.492 e. The summed E-state index contributed by atoms with van der Waals surface area (Å²) in [5.74, 6) is 0.173. The second-order valence-corrected chi connectivity index (χ2v) is 5.31. The number of anilines is 1. The highest BCUT2D eigenvalue weighted by molar-refractivity contribution is 5.93. The van der Waals surface area contributed by atoms with Crippen molar-refractivity contribution < 1.29 is 14.3 Å². The monoisotopic (exact) mass is 327 g/mol. The molecule has 0 atom stereocenters. The zero-order valence-electron chi connectivity index (χ0n) is 13.5. The number of carbonyl (C=O) groups is 2. The topological polar surface area (TPSA) is 93.4 Å². The van der Waals surface area contributed by atoms with Gasteiger partial charge in [-0.3, -0.25) is 9.59 Å². The van der Waals surface area contributed by atoms with Crippen molar-refractivity contribution >= 4 is 17.5 Å². The lowest BCUT2D eigenvalue weighted by atomic mass is 10.2. The summed E-state index contributed by atoms with van der Waals surface area (Å²) in [7, 11) is 0. The molecule has 0 fully saturated rings. The summed E-state index contributed by atoms with van der Waals surface area (Å²) in [6, 6.07) is 14.4. The van der Waals surface area contributed by atoms with Crippen LogP contribution in [0.3, 0.4) is 0 Å². The molecule has 0 heterocycles. The first-order chi connectivity index (χ1) is 11.5. The van der Waals surface area contributed by atoms with E-state index in [1.807, 2.05) is 31.2 Å². The van der Waals surface area contributed by atoms with Crippen molar-refractivity contribution in [2.24, 2.45) is 5.73 Å². The Labute approximate surface area is 141 Å². The Morgan fingerprint density at radius 3 is 2.54 bits per heavy atom. The van der Waals surface area contributed by atoms with Crippen LogP contribution in [0.1, 0.15) is 15.9 Å². The number of nitrogens with one attached hydrogen (secondary N) is 2. The third-order valence-corrected chi connectivity index (χ3v) is 3.30. The van der Waals surface area contributed by atoms with Crippen molar-refractivity contribution in [1.82, 2.24) is 5.32 Å². The molecule has 2 amide bonds. The van der Waals surface area contributed by atoms with E-state index in [-0.39, 0.29) is 12.5 Å². The number of aryl methyl sites for hydroxylation is 1. The number of primary amides is 1. The molecule has 6 nitrogen and oxygen atoms in total. The van der Waals surface area contributed by atoms with E-state index in [2.05, 4.69) is 10.6 Å². The molecule has 0 aliphatic heterocycles. The second kappa shape index (κ2) is 8.57. The Morgan fingerprint density at radius 2 is 1.88 bits per heavy atom. The van der Waals surface area contributed by atoms with Crippen LogP contribution < -0.4 is 21.1 Å². The van der Waals surface area contributed by atoms with Crippen molar-refractivity contribution in [2.75, 3.05) is 25.0 Å². The van der Waals surface area contributed by atoms with Crippen molar-refractivity contribution in [2.45, 2.75) is 6.92 Å². The van der Waals surface area contributed by atoms with Crippen LogP contribution in [0.15, 0.2) is 48.5 Å². The van der Waals surface area contributed by atoms with E-state index in [4.69, 9.17) is 10.5 Å². The fourth-order valence-electron chi connectivity index (χ4n) is 2.06. The molecule has 0 aliphatic rings. The highest BCUT2D eigenvalue weighted by Crippen LogP contribution is 2.11. The lowest BCUT2D eigenvalue weighted by molar-refractivity contribution is -0.119. The molecule has 0 saturated heterocycles. The van der Waals surface area contributed by atoms with Gasteiger partial charge >= 0.3 is 0 Å².